The number of nitrogens with zero attached hydrogens (tertiary/aromatic N) is 2. The van der Waals surface area contributed by atoms with Crippen LogP contribution in [0.3, 0.4) is 0 Å². The number of para-hydroxylation sites is 1. The number of carbonyl (C=O) groups is 2. The highest BCUT2D eigenvalue weighted by atomic mass is 35.5. The fourth-order valence-electron chi connectivity index (χ4n) is 6.90. The predicted molar refractivity (Wildman–Crippen MR) is 163 cm³/mol. The van der Waals surface area contributed by atoms with Crippen molar-refractivity contribution in [3.8, 4) is 0 Å². The van der Waals surface area contributed by atoms with Crippen molar-refractivity contribution >= 4 is 34.8 Å². The number of amides is 2. The highest BCUT2D eigenvalue weighted by molar-refractivity contribution is 6.30. The van der Waals surface area contributed by atoms with E-state index in [2.05, 4.69) is 13.8 Å². The highest BCUT2D eigenvalue weighted by Gasteiger charge is 2.47. The Hall–Kier alpha value is -2.33. The molecular weight excluding hydrogens is 504 g/mol. The van der Waals surface area contributed by atoms with Crippen molar-refractivity contribution in [1.29, 1.82) is 0 Å². The Morgan fingerprint density at radius 2 is 1.59 bits per heavy atom. The average molecular weight is 551 g/mol. The third-order valence-electron chi connectivity index (χ3n) is 9.40. The summed E-state index contributed by atoms with van der Waals surface area (Å²) >= 11 is 6.10. The molecule has 212 valence electrons. The minimum atomic E-state index is -0.0423. The van der Waals surface area contributed by atoms with Gasteiger partial charge in [0.1, 0.15) is 0 Å². The number of anilines is 2. The van der Waals surface area contributed by atoms with Gasteiger partial charge in [-0.3, -0.25) is 9.59 Å². The average Bonchev–Trinajstić information content (AvgIpc) is 2.98. The van der Waals surface area contributed by atoms with E-state index >= 15 is 0 Å². The molecule has 0 heterocycles. The van der Waals surface area contributed by atoms with Crippen molar-refractivity contribution in [1.82, 2.24) is 0 Å². The molecule has 0 aliphatic heterocycles. The molecule has 2 bridgehead atoms. The van der Waals surface area contributed by atoms with Crippen molar-refractivity contribution in [2.24, 2.45) is 23.2 Å². The van der Waals surface area contributed by atoms with E-state index < -0.39 is 0 Å². The van der Waals surface area contributed by atoms with Crippen LogP contribution in [0.25, 0.3) is 0 Å². The fraction of sp³-hybridized carbons (Fsp3) is 0.588. The summed E-state index contributed by atoms with van der Waals surface area (Å²) < 4.78 is 0. The van der Waals surface area contributed by atoms with Gasteiger partial charge >= 0.3 is 0 Å². The van der Waals surface area contributed by atoms with E-state index in [1.807, 2.05) is 71.4 Å². The second kappa shape index (κ2) is 13.8. The zero-order valence-corrected chi connectivity index (χ0v) is 25.0. The molecule has 4 aliphatic rings. The monoisotopic (exact) mass is 550 g/mol. The number of carbonyl (C=O) groups excluding carboxylic acids is 2. The summed E-state index contributed by atoms with van der Waals surface area (Å²) in [4.78, 5) is 29.6. The van der Waals surface area contributed by atoms with Gasteiger partial charge in [-0.15, -0.1) is 0 Å². The van der Waals surface area contributed by atoms with Crippen LogP contribution in [0, 0.1) is 23.2 Å². The first-order valence-corrected chi connectivity index (χ1v) is 15.6. The van der Waals surface area contributed by atoms with E-state index in [0.717, 1.165) is 68.8 Å². The number of hydrogen-bond donors (Lipinski definition) is 0. The largest absolute Gasteiger partial charge is 0.315 e. The normalized spacial score (nSPS) is 25.8. The number of hydrogen-bond acceptors (Lipinski definition) is 2. The Morgan fingerprint density at radius 1 is 0.923 bits per heavy atom. The van der Waals surface area contributed by atoms with Gasteiger partial charge in [-0.05, 0) is 100.0 Å². The van der Waals surface area contributed by atoms with Crippen molar-refractivity contribution in [2.75, 3.05) is 23.4 Å². The van der Waals surface area contributed by atoms with E-state index in [0.29, 0.717) is 16.8 Å². The van der Waals surface area contributed by atoms with Crippen molar-refractivity contribution in [2.45, 2.75) is 90.9 Å². The maximum absolute atomic E-state index is 12.9. The molecule has 4 fully saturated rings. The summed E-state index contributed by atoms with van der Waals surface area (Å²) in [6, 6.07) is 17.7. The van der Waals surface area contributed by atoms with Crippen molar-refractivity contribution in [3.63, 3.8) is 0 Å². The predicted octanol–water partition coefficient (Wildman–Crippen LogP) is 8.92. The Labute approximate surface area is 241 Å². The van der Waals surface area contributed by atoms with Crippen LogP contribution >= 0.6 is 11.6 Å². The van der Waals surface area contributed by atoms with Crippen LogP contribution in [0.5, 0.6) is 0 Å². The number of unbranched alkanes of at least 4 members (excludes halogenated alkanes) is 1. The first-order chi connectivity index (χ1) is 18.8. The number of halogens is 1. The second-order valence-electron chi connectivity index (χ2n) is 12.3. The van der Waals surface area contributed by atoms with Crippen LogP contribution in [-0.4, -0.2) is 25.4 Å². The van der Waals surface area contributed by atoms with Gasteiger partial charge in [-0.25, -0.2) is 0 Å². The SMILES string of the molecule is CCCCN(C(=O)C1CCCC(C)C1)c1cccc(Cl)c1.CN(C(=O)C12CCC(CC1)CC2)c1ccccc1. The first-order valence-electron chi connectivity index (χ1n) is 15.2. The lowest BCUT2D eigenvalue weighted by Crippen LogP contribution is -2.47. The lowest BCUT2D eigenvalue weighted by Gasteiger charge is -2.46. The van der Waals surface area contributed by atoms with Gasteiger partial charge in [-0.1, -0.05) is 69.0 Å². The van der Waals surface area contributed by atoms with E-state index in [4.69, 9.17) is 11.6 Å². The van der Waals surface area contributed by atoms with E-state index in [1.165, 1.54) is 32.1 Å². The molecule has 0 saturated heterocycles. The van der Waals surface area contributed by atoms with Crippen LogP contribution in [0.2, 0.25) is 5.02 Å². The quantitative estimate of drug-likeness (QED) is 0.345. The van der Waals surface area contributed by atoms with Gasteiger partial charge < -0.3 is 9.80 Å². The zero-order chi connectivity index (χ0) is 27.8. The molecule has 0 N–H and O–H groups in total. The van der Waals surface area contributed by atoms with Crippen LogP contribution < -0.4 is 9.80 Å². The summed E-state index contributed by atoms with van der Waals surface area (Å²) in [7, 11) is 1.92. The minimum Gasteiger partial charge on any atom is -0.315 e. The Balaban J connectivity index is 0.000000183. The minimum absolute atomic E-state index is 0.0423. The van der Waals surface area contributed by atoms with E-state index in [-0.39, 0.29) is 17.2 Å². The van der Waals surface area contributed by atoms with Crippen LogP contribution in [-0.2, 0) is 9.59 Å². The fourth-order valence-corrected chi connectivity index (χ4v) is 7.08. The van der Waals surface area contributed by atoms with Crippen LogP contribution in [0.15, 0.2) is 54.6 Å². The van der Waals surface area contributed by atoms with E-state index in [9.17, 15) is 9.59 Å². The third-order valence-corrected chi connectivity index (χ3v) is 9.64. The van der Waals surface area contributed by atoms with Gasteiger partial charge in [0.2, 0.25) is 11.8 Å². The topological polar surface area (TPSA) is 40.6 Å². The molecule has 0 spiro atoms. The molecule has 2 unspecified atom stereocenters. The Kier molecular flexibility index (Phi) is 10.5. The van der Waals surface area contributed by atoms with Crippen LogP contribution in [0.4, 0.5) is 11.4 Å². The molecule has 2 atom stereocenters. The lowest BCUT2D eigenvalue weighted by atomic mass is 9.60. The van der Waals surface area contributed by atoms with Gasteiger partial charge in [-0.2, -0.15) is 0 Å². The Morgan fingerprint density at radius 3 is 2.21 bits per heavy atom. The van der Waals surface area contributed by atoms with Crippen LogP contribution in [0.1, 0.15) is 90.9 Å². The molecule has 0 aromatic heterocycles. The smallest absolute Gasteiger partial charge is 0.232 e. The van der Waals surface area contributed by atoms with Gasteiger partial charge in [0, 0.05) is 41.3 Å². The molecule has 0 radical (unpaired) electrons. The van der Waals surface area contributed by atoms with E-state index in [1.54, 1.807) is 0 Å². The number of benzene rings is 2. The number of rotatable bonds is 7. The molecule has 5 heteroatoms. The zero-order valence-electron chi connectivity index (χ0n) is 24.2. The summed E-state index contributed by atoms with van der Waals surface area (Å²) in [5.41, 5.74) is 1.92. The Bertz CT molecular complexity index is 1070. The molecular formula is C34H47ClN2O2. The molecule has 2 amide bonds. The summed E-state index contributed by atoms with van der Waals surface area (Å²) in [6.07, 6.45) is 13.7. The van der Waals surface area contributed by atoms with Gasteiger partial charge in [0.25, 0.3) is 0 Å². The molecule has 4 aliphatic carbocycles. The molecule has 4 nitrogen and oxygen atoms in total. The van der Waals surface area contributed by atoms with Crippen molar-refractivity contribution in [3.05, 3.63) is 59.6 Å². The molecule has 2 aromatic carbocycles. The lowest BCUT2D eigenvalue weighted by molar-refractivity contribution is -0.133. The maximum Gasteiger partial charge on any atom is 0.232 e. The standard InChI is InChI=1S/C18H26ClNO.C16H21NO/c1-3-4-11-20(17-10-6-9-16(19)13-17)18(21)15-8-5-7-14(2)12-15;1-17(14-5-3-2-4-6-14)15(18)16-10-7-13(8-11-16)9-12-16/h6,9-10,13-15H,3-5,7-8,11-12H2,1-2H3;2-6,13H,7-12H2,1H3. The molecule has 4 saturated carbocycles. The van der Waals surface area contributed by atoms with Gasteiger partial charge in [0.15, 0.2) is 0 Å². The highest BCUT2D eigenvalue weighted by Crippen LogP contribution is 2.51. The summed E-state index contributed by atoms with van der Waals surface area (Å²) in [5, 5.41) is 0.693. The second-order valence-corrected chi connectivity index (χ2v) is 12.7. The molecule has 39 heavy (non-hydrogen) atoms. The van der Waals surface area contributed by atoms with Gasteiger partial charge in [0.05, 0.1) is 0 Å². The molecule has 6 rings (SSSR count). The number of fused-ring (bicyclic) bond motifs is 3. The third kappa shape index (κ3) is 7.45. The summed E-state index contributed by atoms with van der Waals surface area (Å²) in [6.45, 7) is 5.21. The first kappa shape index (κ1) is 29.6. The maximum atomic E-state index is 12.9. The summed E-state index contributed by atoms with van der Waals surface area (Å²) in [5.74, 6) is 2.38. The molecule has 2 aromatic rings. The van der Waals surface area contributed by atoms with Crippen molar-refractivity contribution < 1.29 is 9.59 Å².